The lowest BCUT2D eigenvalue weighted by atomic mass is 9.99. The quantitative estimate of drug-likeness (QED) is 0.388. The summed E-state index contributed by atoms with van der Waals surface area (Å²) in [6, 6.07) is 10.2. The van der Waals surface area contributed by atoms with Crippen LogP contribution in [0.3, 0.4) is 0 Å². The number of aryl methyl sites for hydroxylation is 2. The van der Waals surface area contributed by atoms with Gasteiger partial charge in [-0.3, -0.25) is 4.40 Å². The third-order valence-electron chi connectivity index (χ3n) is 3.94. The van der Waals surface area contributed by atoms with Gasteiger partial charge in [0.1, 0.15) is 0 Å². The summed E-state index contributed by atoms with van der Waals surface area (Å²) in [4.78, 5) is 4.28. The highest BCUT2D eigenvalue weighted by molar-refractivity contribution is 6.32. The molecule has 0 atom stereocenters. The highest BCUT2D eigenvalue weighted by Gasteiger charge is 2.14. The van der Waals surface area contributed by atoms with Crippen LogP contribution in [0.5, 0.6) is 0 Å². The van der Waals surface area contributed by atoms with E-state index in [0.717, 1.165) is 21.4 Å². The topological polar surface area (TPSA) is 17.3 Å². The van der Waals surface area contributed by atoms with Gasteiger partial charge in [-0.05, 0) is 54.6 Å². The molecule has 104 valence electrons. The summed E-state index contributed by atoms with van der Waals surface area (Å²) in [7, 11) is 0. The molecule has 21 heavy (non-hydrogen) atoms. The summed E-state index contributed by atoms with van der Waals surface area (Å²) in [5.74, 6) is 0. The molecule has 4 rings (SSSR count). The number of benzene rings is 2. The molecule has 2 nitrogen and oxygen atoms in total. The first kappa shape index (κ1) is 12.9. The number of hydrogen-bond acceptors (Lipinski definition) is 1. The molecular formula is C17H12Cl2N2. The van der Waals surface area contributed by atoms with Crippen molar-refractivity contribution in [3.05, 3.63) is 58.0 Å². The fraction of sp³-hybridized carbons (Fsp3) is 0.118. The predicted molar refractivity (Wildman–Crippen MR) is 89.7 cm³/mol. The molecule has 2 heterocycles. The molecule has 0 fully saturated rings. The third kappa shape index (κ3) is 1.76. The molecule has 4 heteroatoms. The van der Waals surface area contributed by atoms with Gasteiger partial charge in [0.15, 0.2) is 0 Å². The molecule has 0 bridgehead atoms. The highest BCUT2D eigenvalue weighted by Crippen LogP contribution is 2.35. The Balaban J connectivity index is 2.45. The van der Waals surface area contributed by atoms with Crippen LogP contribution in [0.25, 0.3) is 27.2 Å². The molecule has 2 aromatic heterocycles. The first-order valence-corrected chi connectivity index (χ1v) is 7.47. The Labute approximate surface area is 131 Å². The molecule has 0 unspecified atom stereocenters. The summed E-state index contributed by atoms with van der Waals surface area (Å²) in [5, 5.41) is 4.65. The van der Waals surface area contributed by atoms with Crippen molar-refractivity contribution in [2.75, 3.05) is 0 Å². The maximum atomic E-state index is 6.29. The van der Waals surface area contributed by atoms with Crippen molar-refractivity contribution in [3.63, 3.8) is 0 Å². The zero-order chi connectivity index (χ0) is 14.7. The van der Waals surface area contributed by atoms with Gasteiger partial charge in [0.2, 0.25) is 5.28 Å². The standard InChI is InChI=1S/C17H12Cl2N2/c1-9-5-10(2)16-13(6-9)12-7-11(18)3-4-14(12)21-15(16)8-20-17(21)19/h3-8H,1-2H3. The molecular weight excluding hydrogens is 303 g/mol. The largest absolute Gasteiger partial charge is 0.283 e. The molecule has 2 aromatic carbocycles. The van der Waals surface area contributed by atoms with Crippen molar-refractivity contribution in [1.29, 1.82) is 0 Å². The number of rotatable bonds is 0. The smallest absolute Gasteiger partial charge is 0.207 e. The van der Waals surface area contributed by atoms with Gasteiger partial charge in [0.05, 0.1) is 17.2 Å². The zero-order valence-electron chi connectivity index (χ0n) is 11.6. The van der Waals surface area contributed by atoms with E-state index in [1.54, 1.807) is 0 Å². The molecule has 0 saturated carbocycles. The summed E-state index contributed by atoms with van der Waals surface area (Å²) in [6.45, 7) is 4.23. The third-order valence-corrected chi connectivity index (χ3v) is 4.45. The number of aromatic nitrogens is 2. The lowest BCUT2D eigenvalue weighted by Gasteiger charge is -2.12. The number of pyridine rings is 1. The van der Waals surface area contributed by atoms with Crippen molar-refractivity contribution in [2.45, 2.75) is 13.8 Å². The van der Waals surface area contributed by atoms with Gasteiger partial charge in [-0.15, -0.1) is 0 Å². The second kappa shape index (κ2) is 4.36. The molecule has 4 aromatic rings. The molecule has 0 saturated heterocycles. The minimum atomic E-state index is 0.471. The average Bonchev–Trinajstić information content (AvgIpc) is 2.80. The van der Waals surface area contributed by atoms with E-state index in [4.69, 9.17) is 23.2 Å². The SMILES string of the molecule is Cc1cc(C)c2c(c1)c1cc(Cl)ccc1n1c(Cl)ncc21. The molecule has 0 N–H and O–H groups in total. The van der Waals surface area contributed by atoms with Gasteiger partial charge in [0, 0.05) is 15.8 Å². The molecule has 0 radical (unpaired) electrons. The lowest BCUT2D eigenvalue weighted by Crippen LogP contribution is -1.93. The summed E-state index contributed by atoms with van der Waals surface area (Å²) in [5.41, 5.74) is 4.50. The van der Waals surface area contributed by atoms with E-state index in [-0.39, 0.29) is 0 Å². The van der Waals surface area contributed by atoms with Crippen molar-refractivity contribution < 1.29 is 0 Å². The Morgan fingerprint density at radius 1 is 0.952 bits per heavy atom. The highest BCUT2D eigenvalue weighted by atomic mass is 35.5. The second-order valence-corrected chi connectivity index (χ2v) is 6.19. The van der Waals surface area contributed by atoms with Gasteiger partial charge in [-0.25, -0.2) is 4.98 Å². The Bertz CT molecular complexity index is 1030. The molecule has 0 aliphatic heterocycles. The minimum Gasteiger partial charge on any atom is -0.283 e. The maximum absolute atomic E-state index is 6.29. The summed E-state index contributed by atoms with van der Waals surface area (Å²) < 4.78 is 1.98. The van der Waals surface area contributed by atoms with Crippen LogP contribution in [0.2, 0.25) is 10.3 Å². The fourth-order valence-electron chi connectivity index (χ4n) is 3.17. The van der Waals surface area contributed by atoms with Crippen molar-refractivity contribution in [2.24, 2.45) is 0 Å². The fourth-order valence-corrected chi connectivity index (χ4v) is 3.58. The van der Waals surface area contributed by atoms with E-state index in [9.17, 15) is 0 Å². The Hall–Kier alpha value is -1.77. The minimum absolute atomic E-state index is 0.471. The predicted octanol–water partition coefficient (Wildman–Crippen LogP) is 5.56. The van der Waals surface area contributed by atoms with Gasteiger partial charge >= 0.3 is 0 Å². The van der Waals surface area contributed by atoms with Crippen LogP contribution >= 0.6 is 23.2 Å². The van der Waals surface area contributed by atoms with Crippen LogP contribution in [-0.2, 0) is 0 Å². The van der Waals surface area contributed by atoms with E-state index in [1.807, 2.05) is 28.8 Å². The molecule has 0 aliphatic carbocycles. The first-order chi connectivity index (χ1) is 10.1. The Kier molecular flexibility index (Phi) is 2.69. The van der Waals surface area contributed by atoms with E-state index in [0.29, 0.717) is 5.28 Å². The van der Waals surface area contributed by atoms with E-state index >= 15 is 0 Å². The van der Waals surface area contributed by atoms with E-state index in [1.165, 1.54) is 21.9 Å². The van der Waals surface area contributed by atoms with Crippen molar-refractivity contribution in [1.82, 2.24) is 9.38 Å². The van der Waals surface area contributed by atoms with Gasteiger partial charge in [-0.1, -0.05) is 29.3 Å². The summed E-state index contributed by atoms with van der Waals surface area (Å²) in [6.07, 6.45) is 1.83. The molecule has 0 aliphatic rings. The number of fused-ring (bicyclic) bond motifs is 6. The normalized spacial score (nSPS) is 11.8. The number of imidazole rings is 1. The molecule has 0 amide bonds. The van der Waals surface area contributed by atoms with Crippen LogP contribution in [0, 0.1) is 13.8 Å². The first-order valence-electron chi connectivity index (χ1n) is 6.71. The lowest BCUT2D eigenvalue weighted by molar-refractivity contribution is 1.21. The van der Waals surface area contributed by atoms with Crippen molar-refractivity contribution >= 4 is 50.4 Å². The second-order valence-electron chi connectivity index (χ2n) is 5.41. The van der Waals surface area contributed by atoms with E-state index < -0.39 is 0 Å². The van der Waals surface area contributed by atoms with Gasteiger partial charge < -0.3 is 0 Å². The average molecular weight is 315 g/mol. The van der Waals surface area contributed by atoms with Gasteiger partial charge in [-0.2, -0.15) is 0 Å². The Morgan fingerprint density at radius 3 is 2.57 bits per heavy atom. The van der Waals surface area contributed by atoms with Crippen LogP contribution in [0.4, 0.5) is 0 Å². The van der Waals surface area contributed by atoms with Crippen LogP contribution in [0.1, 0.15) is 11.1 Å². The maximum Gasteiger partial charge on any atom is 0.207 e. The number of halogens is 2. The van der Waals surface area contributed by atoms with Crippen molar-refractivity contribution in [3.8, 4) is 0 Å². The van der Waals surface area contributed by atoms with Crippen LogP contribution in [-0.4, -0.2) is 9.38 Å². The summed E-state index contributed by atoms with van der Waals surface area (Å²) >= 11 is 12.5. The van der Waals surface area contributed by atoms with Crippen LogP contribution in [0.15, 0.2) is 36.5 Å². The zero-order valence-corrected chi connectivity index (χ0v) is 13.1. The Morgan fingerprint density at radius 2 is 1.76 bits per heavy atom. The number of nitrogens with zero attached hydrogens (tertiary/aromatic N) is 2. The van der Waals surface area contributed by atoms with E-state index in [2.05, 4.69) is 31.0 Å². The molecule has 0 spiro atoms. The van der Waals surface area contributed by atoms with Gasteiger partial charge in [0.25, 0.3) is 0 Å². The number of hydrogen-bond donors (Lipinski definition) is 0. The van der Waals surface area contributed by atoms with Crippen LogP contribution < -0.4 is 0 Å². The monoisotopic (exact) mass is 314 g/mol.